The van der Waals surface area contributed by atoms with Gasteiger partial charge >= 0.3 is 0 Å². The first-order valence-corrected chi connectivity index (χ1v) is 6.44. The molecule has 0 radical (unpaired) electrons. The molecule has 0 saturated heterocycles. The second kappa shape index (κ2) is 5.19. The topological polar surface area (TPSA) is 29.9 Å². The van der Waals surface area contributed by atoms with Crippen LogP contribution in [-0.2, 0) is 13.6 Å². The second-order valence-corrected chi connectivity index (χ2v) is 5.29. The van der Waals surface area contributed by atoms with Crippen molar-refractivity contribution < 1.29 is 0 Å². The molecule has 2 unspecified atom stereocenters. The van der Waals surface area contributed by atoms with Gasteiger partial charge < -0.3 is 9.88 Å². The smallest absolute Gasteiger partial charge is 0.128 e. The van der Waals surface area contributed by atoms with Gasteiger partial charge in [-0.15, -0.1) is 0 Å². The molecular weight excluding hydrogens is 222 g/mol. The minimum absolute atomic E-state index is 0.652. The SMILES string of the molecule is CC1CCCC(NCc2ncc(Cl)n2C)C1. The zero-order valence-corrected chi connectivity index (χ0v) is 10.8. The highest BCUT2D eigenvalue weighted by atomic mass is 35.5. The highest BCUT2D eigenvalue weighted by Gasteiger charge is 2.18. The van der Waals surface area contributed by atoms with E-state index >= 15 is 0 Å². The molecule has 4 heteroatoms. The number of imidazole rings is 1. The molecule has 1 aromatic heterocycles. The van der Waals surface area contributed by atoms with Gasteiger partial charge in [-0.25, -0.2) is 4.98 Å². The molecule has 0 bridgehead atoms. The Kier molecular flexibility index (Phi) is 3.87. The third kappa shape index (κ3) is 2.77. The summed E-state index contributed by atoms with van der Waals surface area (Å²) >= 11 is 5.95. The van der Waals surface area contributed by atoms with Crippen LogP contribution in [0, 0.1) is 5.92 Å². The number of hydrogen-bond donors (Lipinski definition) is 1. The molecule has 0 aliphatic heterocycles. The Morgan fingerprint density at radius 3 is 3.00 bits per heavy atom. The van der Waals surface area contributed by atoms with Crippen LogP contribution < -0.4 is 5.32 Å². The quantitative estimate of drug-likeness (QED) is 0.882. The standard InChI is InChI=1S/C12H20ClN3/c1-9-4-3-5-10(6-9)14-8-12-15-7-11(13)16(12)2/h7,9-10,14H,3-6,8H2,1-2H3. The molecule has 1 aromatic rings. The Hall–Kier alpha value is -0.540. The third-order valence-electron chi connectivity index (χ3n) is 3.51. The molecule has 3 nitrogen and oxygen atoms in total. The first-order chi connectivity index (χ1) is 7.66. The molecule has 1 heterocycles. The van der Waals surface area contributed by atoms with Crippen LogP contribution in [0.2, 0.25) is 5.15 Å². The lowest BCUT2D eigenvalue weighted by molar-refractivity contribution is 0.298. The van der Waals surface area contributed by atoms with Gasteiger partial charge in [-0.05, 0) is 18.8 Å². The van der Waals surface area contributed by atoms with Crippen LogP contribution in [0.15, 0.2) is 6.20 Å². The zero-order valence-electron chi connectivity index (χ0n) is 10.0. The number of nitrogens with zero attached hydrogens (tertiary/aromatic N) is 2. The number of halogens is 1. The predicted octanol–water partition coefficient (Wildman–Crippen LogP) is 2.74. The molecule has 90 valence electrons. The third-order valence-corrected chi connectivity index (χ3v) is 3.86. The van der Waals surface area contributed by atoms with E-state index in [1.54, 1.807) is 6.20 Å². The van der Waals surface area contributed by atoms with Crippen LogP contribution in [0.5, 0.6) is 0 Å². The maximum Gasteiger partial charge on any atom is 0.128 e. The maximum atomic E-state index is 5.95. The van der Waals surface area contributed by atoms with Crippen LogP contribution in [0.4, 0.5) is 0 Å². The van der Waals surface area contributed by atoms with Crippen molar-refractivity contribution in [3.63, 3.8) is 0 Å². The predicted molar refractivity (Wildman–Crippen MR) is 66.5 cm³/mol. The van der Waals surface area contributed by atoms with E-state index in [9.17, 15) is 0 Å². The van der Waals surface area contributed by atoms with Crippen molar-refractivity contribution in [2.75, 3.05) is 0 Å². The molecule has 2 rings (SSSR count). The van der Waals surface area contributed by atoms with Gasteiger partial charge in [0, 0.05) is 13.1 Å². The summed E-state index contributed by atoms with van der Waals surface area (Å²) in [5, 5.41) is 4.28. The summed E-state index contributed by atoms with van der Waals surface area (Å²) in [6, 6.07) is 0.652. The minimum atomic E-state index is 0.652. The summed E-state index contributed by atoms with van der Waals surface area (Å²) in [6.45, 7) is 3.16. The number of rotatable bonds is 3. The fourth-order valence-corrected chi connectivity index (χ4v) is 2.59. The van der Waals surface area contributed by atoms with Crippen molar-refractivity contribution >= 4 is 11.6 Å². The van der Waals surface area contributed by atoms with Gasteiger partial charge in [-0.2, -0.15) is 0 Å². The number of hydrogen-bond acceptors (Lipinski definition) is 2. The highest BCUT2D eigenvalue weighted by Crippen LogP contribution is 2.23. The summed E-state index contributed by atoms with van der Waals surface area (Å²) < 4.78 is 1.93. The lowest BCUT2D eigenvalue weighted by Crippen LogP contribution is -2.33. The van der Waals surface area contributed by atoms with Crippen molar-refractivity contribution in [1.29, 1.82) is 0 Å². The second-order valence-electron chi connectivity index (χ2n) is 4.91. The fraction of sp³-hybridized carbons (Fsp3) is 0.750. The zero-order chi connectivity index (χ0) is 11.5. The van der Waals surface area contributed by atoms with E-state index in [0.29, 0.717) is 11.2 Å². The van der Waals surface area contributed by atoms with E-state index in [1.165, 1.54) is 25.7 Å². The van der Waals surface area contributed by atoms with Gasteiger partial charge in [-0.3, -0.25) is 0 Å². The Morgan fingerprint density at radius 2 is 2.38 bits per heavy atom. The van der Waals surface area contributed by atoms with E-state index in [4.69, 9.17) is 11.6 Å². The van der Waals surface area contributed by atoms with Gasteiger partial charge in [0.15, 0.2) is 0 Å². The van der Waals surface area contributed by atoms with E-state index in [-0.39, 0.29) is 0 Å². The lowest BCUT2D eigenvalue weighted by Gasteiger charge is -2.27. The largest absolute Gasteiger partial charge is 0.321 e. The summed E-state index contributed by atoms with van der Waals surface area (Å²) in [5.41, 5.74) is 0. The van der Waals surface area contributed by atoms with Crippen molar-refractivity contribution in [2.24, 2.45) is 13.0 Å². The Balaban J connectivity index is 1.85. The van der Waals surface area contributed by atoms with Crippen molar-refractivity contribution in [3.8, 4) is 0 Å². The highest BCUT2D eigenvalue weighted by molar-refractivity contribution is 6.29. The molecule has 0 aromatic carbocycles. The number of aromatic nitrogens is 2. The molecule has 0 spiro atoms. The van der Waals surface area contributed by atoms with E-state index in [2.05, 4.69) is 17.2 Å². The molecule has 0 amide bonds. The monoisotopic (exact) mass is 241 g/mol. The molecule has 1 fully saturated rings. The molecule has 1 N–H and O–H groups in total. The maximum absolute atomic E-state index is 5.95. The first kappa shape index (κ1) is 11.9. The molecule has 1 saturated carbocycles. The van der Waals surface area contributed by atoms with Crippen molar-refractivity contribution in [3.05, 3.63) is 17.2 Å². The Morgan fingerprint density at radius 1 is 1.56 bits per heavy atom. The Labute approximate surface area is 102 Å². The molecule has 16 heavy (non-hydrogen) atoms. The van der Waals surface area contributed by atoms with E-state index in [0.717, 1.165) is 18.3 Å². The van der Waals surface area contributed by atoms with Crippen LogP contribution in [0.3, 0.4) is 0 Å². The number of nitrogens with one attached hydrogen (secondary N) is 1. The van der Waals surface area contributed by atoms with Crippen LogP contribution in [0.25, 0.3) is 0 Å². The first-order valence-electron chi connectivity index (χ1n) is 6.06. The normalized spacial score (nSPS) is 25.9. The van der Waals surface area contributed by atoms with Crippen LogP contribution in [-0.4, -0.2) is 15.6 Å². The van der Waals surface area contributed by atoms with Crippen molar-refractivity contribution in [1.82, 2.24) is 14.9 Å². The molecule has 1 aliphatic rings. The van der Waals surface area contributed by atoms with Gasteiger partial charge in [-0.1, -0.05) is 31.4 Å². The van der Waals surface area contributed by atoms with Crippen LogP contribution in [0.1, 0.15) is 38.4 Å². The summed E-state index contributed by atoms with van der Waals surface area (Å²) in [7, 11) is 1.95. The molecular formula is C12H20ClN3. The lowest BCUT2D eigenvalue weighted by atomic mass is 9.87. The minimum Gasteiger partial charge on any atom is -0.321 e. The van der Waals surface area contributed by atoms with Gasteiger partial charge in [0.25, 0.3) is 0 Å². The van der Waals surface area contributed by atoms with Crippen molar-refractivity contribution in [2.45, 2.75) is 45.2 Å². The van der Waals surface area contributed by atoms with Gasteiger partial charge in [0.2, 0.25) is 0 Å². The van der Waals surface area contributed by atoms with Gasteiger partial charge in [0.1, 0.15) is 11.0 Å². The summed E-state index contributed by atoms with van der Waals surface area (Å²) in [4.78, 5) is 4.29. The summed E-state index contributed by atoms with van der Waals surface area (Å²) in [6.07, 6.45) is 7.02. The fourth-order valence-electron chi connectivity index (χ4n) is 2.44. The molecule has 1 aliphatic carbocycles. The summed E-state index contributed by atoms with van der Waals surface area (Å²) in [5.74, 6) is 1.87. The van der Waals surface area contributed by atoms with E-state index in [1.807, 2.05) is 11.6 Å². The average molecular weight is 242 g/mol. The molecule has 2 atom stereocenters. The average Bonchev–Trinajstić information content (AvgIpc) is 2.57. The Bertz CT molecular complexity index is 348. The van der Waals surface area contributed by atoms with Crippen LogP contribution >= 0.6 is 11.6 Å². The van der Waals surface area contributed by atoms with Gasteiger partial charge in [0.05, 0.1) is 12.7 Å². The van der Waals surface area contributed by atoms with E-state index < -0.39 is 0 Å².